The van der Waals surface area contributed by atoms with E-state index in [4.69, 9.17) is 4.74 Å². The number of ether oxygens (including phenoxy) is 1. The van der Waals surface area contributed by atoms with Crippen LogP contribution in [0.3, 0.4) is 0 Å². The summed E-state index contributed by atoms with van der Waals surface area (Å²) in [6.07, 6.45) is 1.57. The third-order valence-electron chi connectivity index (χ3n) is 1.99. The Morgan fingerprint density at radius 3 is 2.35 bits per heavy atom. The van der Waals surface area contributed by atoms with Crippen molar-refractivity contribution in [2.75, 3.05) is 6.26 Å². The van der Waals surface area contributed by atoms with Gasteiger partial charge in [-0.3, -0.25) is 0 Å². The molecule has 0 fully saturated rings. The molecule has 1 aromatic carbocycles. The molecule has 94 valence electrons. The van der Waals surface area contributed by atoms with Gasteiger partial charge in [0.05, 0.1) is 6.54 Å². The van der Waals surface area contributed by atoms with E-state index < -0.39 is 5.60 Å². The fourth-order valence-corrected chi connectivity index (χ4v) is 1.73. The minimum Gasteiger partial charge on any atom is -0.443 e. The molecule has 0 heterocycles. The summed E-state index contributed by atoms with van der Waals surface area (Å²) in [6.45, 7) is 6.15. The molecule has 17 heavy (non-hydrogen) atoms. The number of hydrogen-bond donors (Lipinski definition) is 0. The first kappa shape index (κ1) is 13.9. The number of nitrogens with zero attached hydrogens (tertiary/aromatic N) is 1. The van der Waals surface area contributed by atoms with Crippen molar-refractivity contribution in [2.45, 2.75) is 32.9 Å². The Balaban J connectivity index is 2.63. The zero-order valence-electron chi connectivity index (χ0n) is 10.8. The van der Waals surface area contributed by atoms with E-state index in [-0.39, 0.29) is 6.09 Å². The van der Waals surface area contributed by atoms with Crippen LogP contribution in [-0.4, -0.2) is 22.3 Å². The second-order valence-corrected chi connectivity index (χ2v) is 5.49. The van der Waals surface area contributed by atoms with Gasteiger partial charge < -0.3 is 4.74 Å². The predicted molar refractivity (Wildman–Crippen MR) is 71.7 cm³/mol. The Labute approximate surface area is 107 Å². The molecule has 0 aliphatic carbocycles. The van der Waals surface area contributed by atoms with Crippen molar-refractivity contribution in [2.24, 2.45) is 0 Å². The van der Waals surface area contributed by atoms with Crippen LogP contribution in [-0.2, 0) is 11.3 Å². The summed E-state index contributed by atoms with van der Waals surface area (Å²) in [5.41, 5.74) is 0.634. The molecule has 1 rings (SSSR count). The lowest BCUT2D eigenvalue weighted by atomic mass is 10.2. The lowest BCUT2D eigenvalue weighted by Crippen LogP contribution is -2.32. The van der Waals surface area contributed by atoms with E-state index in [0.29, 0.717) is 6.54 Å². The Morgan fingerprint density at radius 2 is 1.88 bits per heavy atom. The van der Waals surface area contributed by atoms with Crippen molar-refractivity contribution >= 4 is 18.0 Å². The first-order valence-electron chi connectivity index (χ1n) is 5.51. The molecule has 0 unspecified atom stereocenters. The van der Waals surface area contributed by atoms with Crippen LogP contribution in [0.1, 0.15) is 26.3 Å². The molecular formula is C13H19NO2S. The molecule has 4 heteroatoms. The van der Waals surface area contributed by atoms with Crippen LogP contribution >= 0.6 is 11.9 Å². The van der Waals surface area contributed by atoms with Gasteiger partial charge in [-0.1, -0.05) is 30.3 Å². The number of amides is 1. The van der Waals surface area contributed by atoms with Crippen LogP contribution in [0.2, 0.25) is 0 Å². The number of hydrogen-bond acceptors (Lipinski definition) is 3. The SMILES string of the molecule is CSN(Cc1ccccc1)C(=O)OC(C)(C)C. The lowest BCUT2D eigenvalue weighted by Gasteiger charge is -2.25. The molecule has 0 spiro atoms. The van der Waals surface area contributed by atoms with Crippen LogP contribution in [0, 0.1) is 0 Å². The zero-order valence-corrected chi connectivity index (χ0v) is 11.6. The minimum atomic E-state index is -0.457. The van der Waals surface area contributed by atoms with Crippen LogP contribution in [0.15, 0.2) is 30.3 Å². The molecule has 0 bridgehead atoms. The molecule has 0 saturated carbocycles. The average Bonchev–Trinajstić information content (AvgIpc) is 2.24. The summed E-state index contributed by atoms with van der Waals surface area (Å²) in [5, 5.41) is 0. The topological polar surface area (TPSA) is 29.5 Å². The van der Waals surface area contributed by atoms with Gasteiger partial charge in [0.15, 0.2) is 0 Å². The van der Waals surface area contributed by atoms with E-state index >= 15 is 0 Å². The average molecular weight is 253 g/mol. The van der Waals surface area contributed by atoms with E-state index in [9.17, 15) is 4.79 Å². The maximum atomic E-state index is 11.9. The quantitative estimate of drug-likeness (QED) is 0.769. The van der Waals surface area contributed by atoms with Gasteiger partial charge in [-0.25, -0.2) is 9.10 Å². The first-order valence-corrected chi connectivity index (χ1v) is 6.69. The predicted octanol–water partition coefficient (Wildman–Crippen LogP) is 3.70. The molecule has 0 aliphatic rings. The monoisotopic (exact) mass is 253 g/mol. The Bertz CT molecular complexity index is 359. The maximum absolute atomic E-state index is 11.9. The number of carbonyl (C=O) groups excluding carboxylic acids is 1. The zero-order chi connectivity index (χ0) is 12.9. The van der Waals surface area contributed by atoms with Gasteiger partial charge in [0.2, 0.25) is 0 Å². The summed E-state index contributed by atoms with van der Waals surface area (Å²) in [6, 6.07) is 9.87. The normalized spacial score (nSPS) is 11.1. The van der Waals surface area contributed by atoms with E-state index in [1.807, 2.05) is 57.4 Å². The van der Waals surface area contributed by atoms with Gasteiger partial charge in [0.25, 0.3) is 0 Å². The van der Waals surface area contributed by atoms with Gasteiger partial charge in [0, 0.05) is 6.26 Å². The standard InChI is InChI=1S/C13H19NO2S/c1-13(2,3)16-12(15)14(17-4)10-11-8-6-5-7-9-11/h5-9H,10H2,1-4H3. The summed E-state index contributed by atoms with van der Waals surface area (Å²) >= 11 is 1.37. The molecule has 0 aliphatic heterocycles. The third-order valence-corrected chi connectivity index (χ3v) is 2.71. The smallest absolute Gasteiger partial charge is 0.420 e. The molecule has 3 nitrogen and oxygen atoms in total. The van der Waals surface area contributed by atoms with Crippen molar-refractivity contribution in [3.8, 4) is 0 Å². The summed E-state index contributed by atoms with van der Waals surface area (Å²) in [5.74, 6) is 0. The molecule has 1 aromatic rings. The molecule has 0 atom stereocenters. The highest BCUT2D eigenvalue weighted by Crippen LogP contribution is 2.17. The highest BCUT2D eigenvalue weighted by Gasteiger charge is 2.21. The van der Waals surface area contributed by atoms with E-state index in [1.54, 1.807) is 4.31 Å². The Kier molecular flexibility index (Phi) is 4.87. The van der Waals surface area contributed by atoms with Crippen molar-refractivity contribution in [3.63, 3.8) is 0 Å². The van der Waals surface area contributed by atoms with Crippen LogP contribution in [0.25, 0.3) is 0 Å². The van der Waals surface area contributed by atoms with E-state index in [2.05, 4.69) is 0 Å². The van der Waals surface area contributed by atoms with Gasteiger partial charge in [-0.05, 0) is 38.3 Å². The van der Waals surface area contributed by atoms with Crippen molar-refractivity contribution < 1.29 is 9.53 Å². The van der Waals surface area contributed by atoms with E-state index in [1.165, 1.54) is 11.9 Å². The van der Waals surface area contributed by atoms with Gasteiger partial charge in [0.1, 0.15) is 5.60 Å². The largest absolute Gasteiger partial charge is 0.443 e. The van der Waals surface area contributed by atoms with Crippen molar-refractivity contribution in [1.82, 2.24) is 4.31 Å². The maximum Gasteiger partial charge on any atom is 0.420 e. The Hall–Kier alpha value is -1.16. The van der Waals surface area contributed by atoms with Gasteiger partial charge >= 0.3 is 6.09 Å². The fourth-order valence-electron chi connectivity index (χ4n) is 1.27. The molecule has 0 radical (unpaired) electrons. The highest BCUT2D eigenvalue weighted by atomic mass is 32.2. The number of benzene rings is 1. The Morgan fingerprint density at radius 1 is 1.29 bits per heavy atom. The lowest BCUT2D eigenvalue weighted by molar-refractivity contribution is 0.0397. The molecule has 0 aromatic heterocycles. The van der Waals surface area contributed by atoms with Gasteiger partial charge in [-0.2, -0.15) is 0 Å². The summed E-state index contributed by atoms with van der Waals surface area (Å²) in [4.78, 5) is 11.9. The molecule has 0 saturated heterocycles. The highest BCUT2D eigenvalue weighted by molar-refractivity contribution is 7.96. The van der Waals surface area contributed by atoms with Gasteiger partial charge in [-0.15, -0.1) is 0 Å². The van der Waals surface area contributed by atoms with Crippen molar-refractivity contribution in [3.05, 3.63) is 35.9 Å². The van der Waals surface area contributed by atoms with Crippen LogP contribution in [0.5, 0.6) is 0 Å². The van der Waals surface area contributed by atoms with E-state index in [0.717, 1.165) is 5.56 Å². The second kappa shape index (κ2) is 5.96. The van der Waals surface area contributed by atoms with Crippen molar-refractivity contribution in [1.29, 1.82) is 0 Å². The summed E-state index contributed by atoms with van der Waals surface area (Å²) in [7, 11) is 0. The summed E-state index contributed by atoms with van der Waals surface area (Å²) < 4.78 is 6.94. The fraction of sp³-hybridized carbons (Fsp3) is 0.462. The second-order valence-electron chi connectivity index (χ2n) is 4.69. The number of carbonyl (C=O) groups is 1. The molecule has 1 amide bonds. The minimum absolute atomic E-state index is 0.297. The molecule has 0 N–H and O–H groups in total. The number of rotatable bonds is 3. The third kappa shape index (κ3) is 5.13. The van der Waals surface area contributed by atoms with Crippen LogP contribution in [0.4, 0.5) is 4.79 Å². The molecular weight excluding hydrogens is 234 g/mol. The van der Waals surface area contributed by atoms with Crippen LogP contribution < -0.4 is 0 Å². The first-order chi connectivity index (χ1) is 7.92.